The Bertz CT molecular complexity index is 593. The zero-order valence-corrected chi connectivity index (χ0v) is 12.2. The Hall–Kier alpha value is -2.43. The molecule has 0 saturated carbocycles. The van der Waals surface area contributed by atoms with Crippen LogP contribution in [0.1, 0.15) is 20.3 Å². The number of carbonyl (C=O) groups is 1. The van der Waals surface area contributed by atoms with E-state index in [1.54, 1.807) is 6.92 Å². The van der Waals surface area contributed by atoms with Gasteiger partial charge in [-0.25, -0.2) is 4.79 Å². The SMILES string of the molecule is CC(OC(N)=O)C1=CCC(C)(N=Nc2ccccc2)C=C1. The van der Waals surface area contributed by atoms with Crippen molar-refractivity contribution < 1.29 is 9.53 Å². The molecule has 0 fully saturated rings. The summed E-state index contributed by atoms with van der Waals surface area (Å²) in [5.41, 5.74) is 6.38. The molecule has 0 aromatic heterocycles. The molecule has 1 aliphatic carbocycles. The number of hydrogen-bond acceptors (Lipinski definition) is 4. The summed E-state index contributed by atoms with van der Waals surface area (Å²) >= 11 is 0. The van der Waals surface area contributed by atoms with Crippen LogP contribution >= 0.6 is 0 Å². The summed E-state index contributed by atoms with van der Waals surface area (Å²) in [5, 5.41) is 8.66. The maximum Gasteiger partial charge on any atom is 0.405 e. The van der Waals surface area contributed by atoms with E-state index < -0.39 is 6.09 Å². The standard InChI is InChI=1S/C16H19N3O2/c1-12(21-15(17)20)13-8-10-16(2,11-9-13)19-18-14-6-4-3-5-7-14/h3-10,12H,11H2,1-2H3,(H2,17,20). The Balaban J connectivity index is 2.02. The lowest BCUT2D eigenvalue weighted by Gasteiger charge is -2.24. The largest absolute Gasteiger partial charge is 0.442 e. The first-order chi connectivity index (χ1) is 9.98. The first kappa shape index (κ1) is 15.0. The molecule has 110 valence electrons. The number of benzene rings is 1. The van der Waals surface area contributed by atoms with Crippen LogP contribution in [0.25, 0.3) is 0 Å². The molecule has 2 N–H and O–H groups in total. The molecule has 0 radical (unpaired) electrons. The maximum absolute atomic E-state index is 10.8. The Labute approximate surface area is 124 Å². The van der Waals surface area contributed by atoms with Crippen molar-refractivity contribution in [2.24, 2.45) is 16.0 Å². The van der Waals surface area contributed by atoms with Crippen LogP contribution in [0.2, 0.25) is 0 Å². The number of carbonyl (C=O) groups excluding carboxylic acids is 1. The van der Waals surface area contributed by atoms with Gasteiger partial charge in [-0.15, -0.1) is 0 Å². The predicted molar refractivity (Wildman–Crippen MR) is 81.3 cm³/mol. The Kier molecular flexibility index (Phi) is 4.52. The first-order valence-electron chi connectivity index (χ1n) is 6.82. The predicted octanol–water partition coefficient (Wildman–Crippen LogP) is 3.90. The molecule has 2 atom stereocenters. The van der Waals surface area contributed by atoms with E-state index in [1.807, 2.05) is 55.5 Å². The van der Waals surface area contributed by atoms with E-state index >= 15 is 0 Å². The molecule has 1 aromatic carbocycles. The molecule has 1 amide bonds. The van der Waals surface area contributed by atoms with Crippen LogP contribution in [-0.4, -0.2) is 17.7 Å². The molecule has 2 rings (SSSR count). The van der Waals surface area contributed by atoms with Crippen LogP contribution in [0.4, 0.5) is 10.5 Å². The lowest BCUT2D eigenvalue weighted by molar-refractivity contribution is 0.133. The van der Waals surface area contributed by atoms with Gasteiger partial charge in [0, 0.05) is 0 Å². The molecule has 5 heteroatoms. The summed E-state index contributed by atoms with van der Waals surface area (Å²) < 4.78 is 4.95. The van der Waals surface area contributed by atoms with Gasteiger partial charge in [-0.2, -0.15) is 10.2 Å². The van der Waals surface area contributed by atoms with E-state index in [4.69, 9.17) is 10.5 Å². The molecule has 2 unspecified atom stereocenters. The van der Waals surface area contributed by atoms with Crippen LogP contribution in [0.3, 0.4) is 0 Å². The van der Waals surface area contributed by atoms with Crippen molar-refractivity contribution in [1.82, 2.24) is 0 Å². The van der Waals surface area contributed by atoms with Gasteiger partial charge >= 0.3 is 6.09 Å². The van der Waals surface area contributed by atoms with E-state index in [0.717, 1.165) is 11.3 Å². The second kappa shape index (κ2) is 6.35. The van der Waals surface area contributed by atoms with Gasteiger partial charge in [-0.05, 0) is 38.0 Å². The Morgan fingerprint density at radius 3 is 2.67 bits per heavy atom. The van der Waals surface area contributed by atoms with E-state index in [-0.39, 0.29) is 11.6 Å². The number of amides is 1. The number of hydrogen-bond donors (Lipinski definition) is 1. The van der Waals surface area contributed by atoms with Gasteiger partial charge in [0.25, 0.3) is 0 Å². The molecule has 1 aromatic rings. The summed E-state index contributed by atoms with van der Waals surface area (Å²) in [6, 6.07) is 9.60. The van der Waals surface area contributed by atoms with Gasteiger partial charge in [0.15, 0.2) is 0 Å². The average Bonchev–Trinajstić information content (AvgIpc) is 2.46. The molecule has 5 nitrogen and oxygen atoms in total. The highest BCUT2D eigenvalue weighted by atomic mass is 16.6. The Morgan fingerprint density at radius 1 is 1.38 bits per heavy atom. The smallest absolute Gasteiger partial charge is 0.405 e. The topological polar surface area (TPSA) is 77.0 Å². The lowest BCUT2D eigenvalue weighted by Crippen LogP contribution is -2.25. The van der Waals surface area contributed by atoms with Gasteiger partial charge in [0.1, 0.15) is 11.6 Å². The second-order valence-electron chi connectivity index (χ2n) is 5.21. The van der Waals surface area contributed by atoms with Gasteiger partial charge in [0.05, 0.1) is 5.69 Å². The van der Waals surface area contributed by atoms with Gasteiger partial charge in [-0.1, -0.05) is 36.4 Å². The molecule has 21 heavy (non-hydrogen) atoms. The third kappa shape index (κ3) is 4.27. The van der Waals surface area contributed by atoms with Crippen LogP contribution in [0.15, 0.2) is 64.4 Å². The summed E-state index contributed by atoms with van der Waals surface area (Å²) in [4.78, 5) is 10.8. The van der Waals surface area contributed by atoms with Gasteiger partial charge < -0.3 is 10.5 Å². The fourth-order valence-electron chi connectivity index (χ4n) is 2.02. The normalized spacial score (nSPS) is 22.9. The fourth-order valence-corrected chi connectivity index (χ4v) is 2.02. The van der Waals surface area contributed by atoms with Crippen molar-refractivity contribution in [1.29, 1.82) is 0 Å². The highest BCUT2D eigenvalue weighted by molar-refractivity contribution is 5.65. The maximum atomic E-state index is 10.8. The number of azo groups is 1. The molecule has 0 bridgehead atoms. The van der Waals surface area contributed by atoms with Gasteiger partial charge in [0.2, 0.25) is 0 Å². The third-order valence-corrected chi connectivity index (χ3v) is 3.30. The van der Waals surface area contributed by atoms with Crippen LogP contribution < -0.4 is 5.73 Å². The number of primary amides is 1. The minimum absolute atomic E-state index is 0.352. The highest BCUT2D eigenvalue weighted by Gasteiger charge is 2.24. The minimum Gasteiger partial charge on any atom is -0.442 e. The van der Waals surface area contributed by atoms with Crippen LogP contribution in [-0.2, 0) is 4.74 Å². The van der Waals surface area contributed by atoms with Crippen molar-refractivity contribution in [2.75, 3.05) is 0 Å². The van der Waals surface area contributed by atoms with Crippen molar-refractivity contribution in [2.45, 2.75) is 31.9 Å². The van der Waals surface area contributed by atoms with Crippen LogP contribution in [0, 0.1) is 0 Å². The van der Waals surface area contributed by atoms with E-state index in [1.165, 1.54) is 0 Å². The van der Waals surface area contributed by atoms with Crippen LogP contribution in [0.5, 0.6) is 0 Å². The van der Waals surface area contributed by atoms with E-state index in [0.29, 0.717) is 6.42 Å². The van der Waals surface area contributed by atoms with Crippen molar-refractivity contribution in [3.8, 4) is 0 Å². The minimum atomic E-state index is -0.770. The molecule has 0 saturated heterocycles. The summed E-state index contributed by atoms with van der Waals surface area (Å²) in [5.74, 6) is 0. The first-order valence-corrected chi connectivity index (χ1v) is 6.82. The average molecular weight is 285 g/mol. The number of rotatable bonds is 4. The second-order valence-corrected chi connectivity index (χ2v) is 5.21. The highest BCUT2D eigenvalue weighted by Crippen LogP contribution is 2.28. The third-order valence-electron chi connectivity index (χ3n) is 3.30. The van der Waals surface area contributed by atoms with Crippen molar-refractivity contribution >= 4 is 11.8 Å². The van der Waals surface area contributed by atoms with Crippen molar-refractivity contribution in [3.05, 3.63) is 54.1 Å². The number of nitrogens with zero attached hydrogens (tertiary/aromatic N) is 2. The van der Waals surface area contributed by atoms with Gasteiger partial charge in [-0.3, -0.25) is 0 Å². The molecular formula is C16H19N3O2. The molecule has 0 aliphatic heterocycles. The summed E-state index contributed by atoms with van der Waals surface area (Å²) in [6.07, 6.45) is 5.44. The quantitative estimate of drug-likeness (QED) is 0.852. The monoisotopic (exact) mass is 285 g/mol. The van der Waals surface area contributed by atoms with E-state index in [9.17, 15) is 4.79 Å². The van der Waals surface area contributed by atoms with E-state index in [2.05, 4.69) is 10.2 Å². The zero-order chi connectivity index (χ0) is 15.3. The summed E-state index contributed by atoms with van der Waals surface area (Å²) in [7, 11) is 0. The molecular weight excluding hydrogens is 266 g/mol. The fraction of sp³-hybridized carbons (Fsp3) is 0.312. The molecule has 0 heterocycles. The molecule has 0 spiro atoms. The number of ether oxygens (including phenoxy) is 1. The number of nitrogens with two attached hydrogens (primary N) is 1. The van der Waals surface area contributed by atoms with Crippen molar-refractivity contribution in [3.63, 3.8) is 0 Å². The zero-order valence-electron chi connectivity index (χ0n) is 12.2. The Morgan fingerprint density at radius 2 is 2.10 bits per heavy atom. The lowest BCUT2D eigenvalue weighted by atomic mass is 9.90. The molecule has 1 aliphatic rings. The summed E-state index contributed by atoms with van der Waals surface area (Å²) in [6.45, 7) is 3.79.